The number of rotatable bonds is 5. The topological polar surface area (TPSA) is 38.9 Å². The third kappa shape index (κ3) is 5.19. The normalized spacial score (nSPS) is 19.7. The molecule has 1 aliphatic carbocycles. The van der Waals surface area contributed by atoms with Crippen LogP contribution in [0.3, 0.4) is 0 Å². The molecule has 0 unspecified atom stereocenters. The fourth-order valence-corrected chi connectivity index (χ4v) is 3.12. The van der Waals surface area contributed by atoms with E-state index in [1.165, 1.54) is 42.3 Å². The lowest BCUT2D eigenvalue weighted by atomic mass is 9.72. The van der Waals surface area contributed by atoms with Crippen molar-refractivity contribution in [3.63, 3.8) is 0 Å². The van der Waals surface area contributed by atoms with E-state index < -0.39 is 0 Å². The molecule has 128 valence electrons. The van der Waals surface area contributed by atoms with Crippen molar-refractivity contribution in [2.75, 3.05) is 0 Å². The maximum atomic E-state index is 4.96. The molecule has 0 bridgehead atoms. The van der Waals surface area contributed by atoms with E-state index in [9.17, 15) is 0 Å². The fraction of sp³-hybridized carbons (Fsp3) is 0.429. The van der Waals surface area contributed by atoms with Crippen LogP contribution < -0.4 is 0 Å². The summed E-state index contributed by atoms with van der Waals surface area (Å²) in [5.74, 6) is 0.527. The Bertz CT molecular complexity index is 698. The monoisotopic (exact) mass is 324 g/mol. The van der Waals surface area contributed by atoms with Gasteiger partial charge < -0.3 is 4.52 Å². The van der Waals surface area contributed by atoms with Gasteiger partial charge in [-0.1, -0.05) is 60.5 Å². The molecule has 0 radical (unpaired) electrons. The zero-order valence-electron chi connectivity index (χ0n) is 15.5. The zero-order chi connectivity index (χ0) is 17.6. The number of nitrogens with zero attached hydrogens (tertiary/aromatic N) is 2. The third-order valence-corrected chi connectivity index (χ3v) is 4.50. The van der Waals surface area contributed by atoms with Gasteiger partial charge >= 0.3 is 0 Å². The van der Waals surface area contributed by atoms with Crippen LogP contribution in [0.5, 0.6) is 0 Å². The highest BCUT2D eigenvalue weighted by molar-refractivity contribution is 5.47. The molecule has 0 fully saturated rings. The SMILES string of the molecule is CC1=C(/C=C/C(C)=C/C=C/C(C)=C/c2ncno2)C(C)(C)CCC1. The summed E-state index contributed by atoms with van der Waals surface area (Å²) in [5.41, 5.74) is 5.62. The second kappa shape index (κ2) is 8.09. The number of hydrogen-bond acceptors (Lipinski definition) is 3. The maximum Gasteiger partial charge on any atom is 0.250 e. The lowest BCUT2D eigenvalue weighted by Gasteiger charge is -2.32. The highest BCUT2D eigenvalue weighted by Crippen LogP contribution is 2.40. The molecule has 0 atom stereocenters. The summed E-state index contributed by atoms with van der Waals surface area (Å²) in [6, 6.07) is 0. The Morgan fingerprint density at radius 2 is 2.00 bits per heavy atom. The van der Waals surface area contributed by atoms with Crippen LogP contribution in [0.15, 0.2) is 63.5 Å². The summed E-state index contributed by atoms with van der Waals surface area (Å²) in [4.78, 5) is 3.98. The highest BCUT2D eigenvalue weighted by atomic mass is 16.5. The molecule has 0 N–H and O–H groups in total. The van der Waals surface area contributed by atoms with Gasteiger partial charge in [-0.15, -0.1) is 0 Å². The molecule has 3 nitrogen and oxygen atoms in total. The summed E-state index contributed by atoms with van der Waals surface area (Å²) in [5, 5.41) is 3.59. The van der Waals surface area contributed by atoms with Crippen LogP contribution in [0, 0.1) is 5.41 Å². The van der Waals surface area contributed by atoms with Crippen LogP contribution in [0.1, 0.15) is 59.8 Å². The van der Waals surface area contributed by atoms with Crippen LogP contribution in [-0.4, -0.2) is 10.1 Å². The van der Waals surface area contributed by atoms with Gasteiger partial charge in [0.15, 0.2) is 6.33 Å². The van der Waals surface area contributed by atoms with E-state index in [-0.39, 0.29) is 0 Å². The first-order valence-electron chi connectivity index (χ1n) is 8.57. The standard InChI is InChI=1S/C21H28N2O/c1-16(8-6-9-17(2)14-20-22-15-23-24-20)11-12-19-18(3)10-7-13-21(19,4)5/h6,8-9,11-12,14-15H,7,10,13H2,1-5H3/b9-6+,12-11+,16-8+,17-14+. The lowest BCUT2D eigenvalue weighted by Crippen LogP contribution is -2.19. The Hall–Kier alpha value is -2.16. The van der Waals surface area contributed by atoms with Gasteiger partial charge in [0, 0.05) is 6.08 Å². The average molecular weight is 324 g/mol. The number of aromatic nitrogens is 2. The molecule has 2 rings (SSSR count). The summed E-state index contributed by atoms with van der Waals surface area (Å²) >= 11 is 0. The van der Waals surface area contributed by atoms with E-state index in [2.05, 4.69) is 62.1 Å². The van der Waals surface area contributed by atoms with E-state index >= 15 is 0 Å². The molecule has 0 amide bonds. The van der Waals surface area contributed by atoms with Gasteiger partial charge in [0.1, 0.15) is 0 Å². The fourth-order valence-electron chi connectivity index (χ4n) is 3.12. The van der Waals surface area contributed by atoms with Crippen LogP contribution in [-0.2, 0) is 0 Å². The van der Waals surface area contributed by atoms with Crippen LogP contribution >= 0.6 is 0 Å². The molecule has 1 aliphatic rings. The van der Waals surface area contributed by atoms with Crippen molar-refractivity contribution in [2.45, 2.75) is 53.9 Å². The van der Waals surface area contributed by atoms with Crippen molar-refractivity contribution in [2.24, 2.45) is 5.41 Å². The van der Waals surface area contributed by atoms with Gasteiger partial charge in [-0.25, -0.2) is 0 Å². The minimum atomic E-state index is 0.290. The summed E-state index contributed by atoms with van der Waals surface area (Å²) in [6.07, 6.45) is 17.8. The second-order valence-corrected chi connectivity index (χ2v) is 7.20. The Labute approximate surface area is 145 Å². The van der Waals surface area contributed by atoms with E-state index in [1.807, 2.05) is 19.1 Å². The quantitative estimate of drug-likeness (QED) is 0.618. The van der Waals surface area contributed by atoms with Crippen molar-refractivity contribution < 1.29 is 4.52 Å². The van der Waals surface area contributed by atoms with Gasteiger partial charge in [0.25, 0.3) is 5.89 Å². The second-order valence-electron chi connectivity index (χ2n) is 7.20. The Kier molecular flexibility index (Phi) is 6.13. The van der Waals surface area contributed by atoms with Crippen molar-refractivity contribution >= 4 is 6.08 Å². The van der Waals surface area contributed by atoms with Gasteiger partial charge in [-0.3, -0.25) is 0 Å². The van der Waals surface area contributed by atoms with Gasteiger partial charge in [-0.05, 0) is 56.6 Å². The molecule has 3 heteroatoms. The van der Waals surface area contributed by atoms with Gasteiger partial charge in [0.2, 0.25) is 0 Å². The Morgan fingerprint density at radius 3 is 2.67 bits per heavy atom. The summed E-state index contributed by atoms with van der Waals surface area (Å²) in [6.45, 7) is 11.1. The molecule has 0 saturated carbocycles. The lowest BCUT2D eigenvalue weighted by molar-refractivity contribution is 0.377. The number of allylic oxidation sites excluding steroid dienone is 9. The van der Waals surface area contributed by atoms with Crippen molar-refractivity contribution in [1.29, 1.82) is 0 Å². The molecule has 24 heavy (non-hydrogen) atoms. The molecule has 1 aromatic heterocycles. The summed E-state index contributed by atoms with van der Waals surface area (Å²) in [7, 11) is 0. The predicted octanol–water partition coefficient (Wildman–Crippen LogP) is 6.06. The largest absolute Gasteiger partial charge is 0.335 e. The first kappa shape index (κ1) is 18.2. The molecule has 0 saturated heterocycles. The van der Waals surface area contributed by atoms with Crippen LogP contribution in [0.2, 0.25) is 0 Å². The molecule has 1 aromatic rings. The van der Waals surface area contributed by atoms with E-state index in [4.69, 9.17) is 4.52 Å². The summed E-state index contributed by atoms with van der Waals surface area (Å²) < 4.78 is 4.96. The molecule has 0 spiro atoms. The van der Waals surface area contributed by atoms with Gasteiger partial charge in [0.05, 0.1) is 0 Å². The molecular formula is C21H28N2O. The van der Waals surface area contributed by atoms with E-state index in [1.54, 1.807) is 0 Å². The van der Waals surface area contributed by atoms with E-state index in [0.717, 1.165) is 5.57 Å². The minimum Gasteiger partial charge on any atom is -0.335 e. The van der Waals surface area contributed by atoms with Crippen LogP contribution in [0.25, 0.3) is 6.08 Å². The molecular weight excluding hydrogens is 296 g/mol. The number of hydrogen-bond donors (Lipinski definition) is 0. The Balaban J connectivity index is 2.02. The van der Waals surface area contributed by atoms with E-state index in [0.29, 0.717) is 11.3 Å². The Morgan fingerprint density at radius 1 is 1.21 bits per heavy atom. The van der Waals surface area contributed by atoms with Crippen molar-refractivity contribution in [3.8, 4) is 0 Å². The predicted molar refractivity (Wildman–Crippen MR) is 100 cm³/mol. The molecule has 1 heterocycles. The molecule has 0 aliphatic heterocycles. The highest BCUT2D eigenvalue weighted by Gasteiger charge is 2.26. The van der Waals surface area contributed by atoms with Gasteiger partial charge in [-0.2, -0.15) is 4.98 Å². The van der Waals surface area contributed by atoms with Crippen molar-refractivity contribution in [3.05, 3.63) is 64.9 Å². The third-order valence-electron chi connectivity index (χ3n) is 4.50. The first-order valence-corrected chi connectivity index (χ1v) is 8.57. The molecule has 0 aromatic carbocycles. The smallest absolute Gasteiger partial charge is 0.250 e. The maximum absolute atomic E-state index is 4.96. The first-order chi connectivity index (χ1) is 11.4. The zero-order valence-corrected chi connectivity index (χ0v) is 15.5. The van der Waals surface area contributed by atoms with Crippen LogP contribution in [0.4, 0.5) is 0 Å². The minimum absolute atomic E-state index is 0.290. The van der Waals surface area contributed by atoms with Crippen molar-refractivity contribution in [1.82, 2.24) is 10.1 Å². The average Bonchev–Trinajstić information content (AvgIpc) is 2.98.